The summed E-state index contributed by atoms with van der Waals surface area (Å²) in [4.78, 5) is 10.8. The number of nitrogens with one attached hydrogen (secondary N) is 2. The first-order valence-corrected chi connectivity index (χ1v) is 11.6. The number of hydrogen-bond donors (Lipinski definition) is 3. The summed E-state index contributed by atoms with van der Waals surface area (Å²) in [5, 5.41) is 17.3. The van der Waals surface area contributed by atoms with Crippen LogP contribution < -0.4 is 11.1 Å². The summed E-state index contributed by atoms with van der Waals surface area (Å²) in [6, 6.07) is 10.9. The number of anilines is 2. The minimum Gasteiger partial charge on any atom is -0.370 e. The van der Waals surface area contributed by atoms with E-state index in [9.17, 15) is 8.78 Å². The number of halogens is 2. The third-order valence-electron chi connectivity index (χ3n) is 5.62. The average Bonchev–Trinajstić information content (AvgIpc) is 3.55. The van der Waals surface area contributed by atoms with Crippen molar-refractivity contribution in [1.82, 2.24) is 20.0 Å². The lowest BCUT2D eigenvalue weighted by Crippen LogP contribution is -2.41. The van der Waals surface area contributed by atoms with E-state index in [1.807, 2.05) is 29.2 Å². The SMILES string of the molecule is N=C(N)N1CCC[C@H]1Cc1nc(-c2ccc(Nc3nc(-c4cc(F)cc(F)c4)cs3)cc2)no1. The highest BCUT2D eigenvalue weighted by molar-refractivity contribution is 7.14. The first-order chi connectivity index (χ1) is 16.4. The fraction of sp³-hybridized carbons (Fsp3) is 0.217. The molecule has 0 unspecified atom stereocenters. The standard InChI is InChI=1S/C23H21F2N7OS/c24-15-8-14(9-16(25)10-15)19-12-34-23(29-19)28-17-5-3-13(4-6-17)21-30-20(33-31-21)11-18-2-1-7-32(18)22(26)27/h3-6,8-10,12,18H,1-2,7,11H2,(H3,26,27)(H,28,29)/t18-/m0/s1. The van der Waals surface area contributed by atoms with Crippen LogP contribution in [-0.2, 0) is 6.42 Å². The van der Waals surface area contributed by atoms with Crippen molar-refractivity contribution < 1.29 is 13.3 Å². The maximum Gasteiger partial charge on any atom is 0.229 e. The lowest BCUT2D eigenvalue weighted by molar-refractivity contribution is 0.320. The van der Waals surface area contributed by atoms with Crippen molar-refractivity contribution in [2.24, 2.45) is 5.73 Å². The van der Waals surface area contributed by atoms with Gasteiger partial charge in [0.2, 0.25) is 11.7 Å². The van der Waals surface area contributed by atoms with Crippen molar-refractivity contribution in [3.63, 3.8) is 0 Å². The molecule has 4 N–H and O–H groups in total. The maximum atomic E-state index is 13.5. The van der Waals surface area contributed by atoms with Gasteiger partial charge in [-0.2, -0.15) is 4.98 Å². The molecule has 2 aromatic carbocycles. The largest absolute Gasteiger partial charge is 0.370 e. The number of likely N-dealkylation sites (tertiary alicyclic amines) is 1. The number of rotatable bonds is 6. The zero-order valence-corrected chi connectivity index (χ0v) is 18.8. The van der Waals surface area contributed by atoms with Gasteiger partial charge < -0.3 is 20.5 Å². The van der Waals surface area contributed by atoms with Gasteiger partial charge in [0, 0.05) is 47.3 Å². The van der Waals surface area contributed by atoms with Gasteiger partial charge in [0.1, 0.15) is 11.6 Å². The molecule has 3 heterocycles. The zero-order valence-electron chi connectivity index (χ0n) is 18.0. The fourth-order valence-electron chi connectivity index (χ4n) is 4.01. The van der Waals surface area contributed by atoms with Crippen molar-refractivity contribution in [1.29, 1.82) is 5.41 Å². The van der Waals surface area contributed by atoms with Crippen molar-refractivity contribution in [2.75, 3.05) is 11.9 Å². The molecule has 11 heteroatoms. The maximum absolute atomic E-state index is 13.5. The molecule has 174 valence electrons. The van der Waals surface area contributed by atoms with Gasteiger partial charge in [-0.3, -0.25) is 5.41 Å². The van der Waals surface area contributed by atoms with Crippen LogP contribution in [0, 0.1) is 17.0 Å². The Morgan fingerprint density at radius 3 is 2.65 bits per heavy atom. The Kier molecular flexibility index (Phi) is 5.93. The van der Waals surface area contributed by atoms with Crippen LogP contribution in [-0.4, -0.2) is 38.6 Å². The quantitative estimate of drug-likeness (QED) is 0.268. The van der Waals surface area contributed by atoms with E-state index in [4.69, 9.17) is 15.7 Å². The summed E-state index contributed by atoms with van der Waals surface area (Å²) in [6.45, 7) is 0.773. The molecule has 0 radical (unpaired) electrons. The average molecular weight is 482 g/mol. The van der Waals surface area contributed by atoms with Crippen molar-refractivity contribution >= 4 is 28.1 Å². The number of nitrogens with zero attached hydrogens (tertiary/aromatic N) is 4. The smallest absolute Gasteiger partial charge is 0.229 e. The van der Waals surface area contributed by atoms with Crippen LogP contribution in [0.15, 0.2) is 52.4 Å². The molecule has 34 heavy (non-hydrogen) atoms. The van der Waals surface area contributed by atoms with Crippen molar-refractivity contribution in [3.8, 4) is 22.6 Å². The summed E-state index contributed by atoms with van der Waals surface area (Å²) in [6.07, 6.45) is 2.47. The highest BCUT2D eigenvalue weighted by Gasteiger charge is 2.27. The normalized spacial score (nSPS) is 15.6. The molecular weight excluding hydrogens is 460 g/mol. The number of nitrogens with two attached hydrogens (primary N) is 1. The van der Waals surface area contributed by atoms with Crippen molar-refractivity contribution in [2.45, 2.75) is 25.3 Å². The predicted octanol–water partition coefficient (Wildman–Crippen LogP) is 4.78. The van der Waals surface area contributed by atoms with E-state index in [0.717, 1.165) is 36.7 Å². The van der Waals surface area contributed by atoms with E-state index in [0.29, 0.717) is 34.5 Å². The minimum atomic E-state index is -0.642. The van der Waals surface area contributed by atoms with Crippen LogP contribution in [0.4, 0.5) is 19.6 Å². The Balaban J connectivity index is 1.24. The summed E-state index contributed by atoms with van der Waals surface area (Å²) >= 11 is 1.34. The molecule has 0 amide bonds. The number of benzene rings is 2. The van der Waals surface area contributed by atoms with Gasteiger partial charge >= 0.3 is 0 Å². The summed E-state index contributed by atoms with van der Waals surface area (Å²) in [7, 11) is 0. The molecule has 1 atom stereocenters. The first-order valence-electron chi connectivity index (χ1n) is 10.7. The second-order valence-electron chi connectivity index (χ2n) is 7.99. The molecule has 0 saturated carbocycles. The third-order valence-corrected chi connectivity index (χ3v) is 6.38. The highest BCUT2D eigenvalue weighted by atomic mass is 32.1. The first kappa shape index (κ1) is 22.0. The Bertz CT molecular complexity index is 1300. The van der Waals surface area contributed by atoms with E-state index >= 15 is 0 Å². The van der Waals surface area contributed by atoms with Gasteiger partial charge in [0.15, 0.2) is 11.1 Å². The van der Waals surface area contributed by atoms with E-state index in [1.54, 1.807) is 5.38 Å². The second-order valence-corrected chi connectivity index (χ2v) is 8.85. The van der Waals surface area contributed by atoms with Crippen LogP contribution in [0.1, 0.15) is 18.7 Å². The van der Waals surface area contributed by atoms with E-state index < -0.39 is 11.6 Å². The topological polar surface area (TPSA) is 117 Å². The number of aromatic nitrogens is 3. The molecule has 0 spiro atoms. The lowest BCUT2D eigenvalue weighted by Gasteiger charge is -2.23. The Labute approximate surface area is 197 Å². The molecule has 1 saturated heterocycles. The van der Waals surface area contributed by atoms with Crippen molar-refractivity contribution in [3.05, 3.63) is 65.4 Å². The number of thiazole rings is 1. The molecule has 0 aliphatic carbocycles. The second kappa shape index (κ2) is 9.18. The lowest BCUT2D eigenvalue weighted by atomic mass is 10.1. The Morgan fingerprint density at radius 2 is 1.91 bits per heavy atom. The fourth-order valence-corrected chi connectivity index (χ4v) is 4.75. The molecule has 1 aliphatic rings. The van der Waals surface area contributed by atoms with Gasteiger partial charge in [-0.25, -0.2) is 13.8 Å². The Morgan fingerprint density at radius 1 is 1.15 bits per heavy atom. The number of guanidine groups is 1. The predicted molar refractivity (Wildman–Crippen MR) is 126 cm³/mol. The Hall–Kier alpha value is -3.86. The molecule has 5 rings (SSSR count). The van der Waals surface area contributed by atoms with Crippen LogP contribution >= 0.6 is 11.3 Å². The molecule has 1 aliphatic heterocycles. The zero-order chi connectivity index (χ0) is 23.7. The molecule has 8 nitrogen and oxygen atoms in total. The van der Waals surface area contributed by atoms with E-state index in [2.05, 4.69) is 20.4 Å². The van der Waals surface area contributed by atoms with Gasteiger partial charge in [-0.1, -0.05) is 5.16 Å². The van der Waals surface area contributed by atoms with Crippen LogP contribution in [0.3, 0.4) is 0 Å². The number of hydrogen-bond acceptors (Lipinski definition) is 7. The van der Waals surface area contributed by atoms with Gasteiger partial charge in [-0.15, -0.1) is 11.3 Å². The van der Waals surface area contributed by atoms with Crippen LogP contribution in [0.2, 0.25) is 0 Å². The van der Waals surface area contributed by atoms with Gasteiger partial charge in [-0.05, 0) is 49.2 Å². The molecule has 4 aromatic rings. The molecule has 1 fully saturated rings. The van der Waals surface area contributed by atoms with Crippen LogP contribution in [0.25, 0.3) is 22.6 Å². The minimum absolute atomic E-state index is 0.0702. The molecular formula is C23H21F2N7OS. The van der Waals surface area contributed by atoms with E-state index in [1.165, 1.54) is 23.5 Å². The monoisotopic (exact) mass is 481 g/mol. The summed E-state index contributed by atoms with van der Waals surface area (Å²) in [5.41, 5.74) is 8.12. The van der Waals surface area contributed by atoms with Gasteiger partial charge in [0.25, 0.3) is 0 Å². The summed E-state index contributed by atoms with van der Waals surface area (Å²) in [5.74, 6) is -0.215. The third kappa shape index (κ3) is 4.74. The molecule has 0 bridgehead atoms. The van der Waals surface area contributed by atoms with E-state index in [-0.39, 0.29) is 12.0 Å². The molecule has 2 aromatic heterocycles. The highest BCUT2D eigenvalue weighted by Crippen LogP contribution is 2.29. The van der Waals surface area contributed by atoms with Gasteiger partial charge in [0.05, 0.1) is 5.69 Å². The van der Waals surface area contributed by atoms with Crippen LogP contribution in [0.5, 0.6) is 0 Å². The summed E-state index contributed by atoms with van der Waals surface area (Å²) < 4.78 is 32.4.